The maximum atomic E-state index is 5.69. The van der Waals surface area contributed by atoms with E-state index in [9.17, 15) is 0 Å². The summed E-state index contributed by atoms with van der Waals surface area (Å²) >= 11 is 3.60. The Hall–Kier alpha value is -6.66. The predicted octanol–water partition coefficient (Wildman–Crippen LogP) is 14.6. The molecule has 254 valence electrons. The molecular weight excluding hydrogens is 707 g/mol. The van der Waals surface area contributed by atoms with Gasteiger partial charge in [0.05, 0.1) is 16.7 Å². The van der Waals surface area contributed by atoms with Crippen LogP contribution in [0.25, 0.3) is 123 Å². The molecule has 4 aromatic heterocycles. The van der Waals surface area contributed by atoms with Crippen LogP contribution in [-0.4, -0.2) is 14.5 Å². The molecule has 0 saturated heterocycles. The zero-order chi connectivity index (χ0) is 35.8. The molecule has 0 fully saturated rings. The van der Waals surface area contributed by atoms with Crippen molar-refractivity contribution in [1.82, 2.24) is 14.5 Å². The van der Waals surface area contributed by atoms with E-state index in [1.165, 1.54) is 84.1 Å². The lowest BCUT2D eigenvalue weighted by Crippen LogP contribution is -2.02. The van der Waals surface area contributed by atoms with Crippen molar-refractivity contribution in [2.75, 3.05) is 0 Å². The molecule has 0 spiro atoms. The fourth-order valence-corrected chi connectivity index (χ4v) is 11.6. The molecule has 0 radical (unpaired) electrons. The molecule has 0 aliphatic heterocycles. The van der Waals surface area contributed by atoms with E-state index in [4.69, 9.17) is 9.97 Å². The second-order valence-electron chi connectivity index (χ2n) is 14.4. The first-order valence-electron chi connectivity index (χ1n) is 18.6. The molecule has 13 aromatic rings. The predicted molar refractivity (Wildman–Crippen MR) is 238 cm³/mol. The SMILES string of the molecule is c1ccc2c(c1)ccc1c2c2c3c4ccccc4c4ccccc4c3ccc2n1-c1nc(-c2cccc3c2sc2ccccc23)c2c(n1)sc1ccccc12. The van der Waals surface area contributed by atoms with Gasteiger partial charge in [0.25, 0.3) is 0 Å². The third kappa shape index (κ3) is 3.98. The highest BCUT2D eigenvalue weighted by Crippen LogP contribution is 2.47. The molecule has 13 rings (SSSR count). The Labute approximate surface area is 322 Å². The van der Waals surface area contributed by atoms with Crippen molar-refractivity contribution in [1.29, 1.82) is 0 Å². The summed E-state index contributed by atoms with van der Waals surface area (Å²) in [5, 5.41) is 17.4. The van der Waals surface area contributed by atoms with E-state index in [0.717, 1.165) is 32.5 Å². The summed E-state index contributed by atoms with van der Waals surface area (Å²) in [6.45, 7) is 0. The summed E-state index contributed by atoms with van der Waals surface area (Å²) in [6.07, 6.45) is 0. The van der Waals surface area contributed by atoms with Crippen LogP contribution in [0.1, 0.15) is 0 Å². The summed E-state index contributed by atoms with van der Waals surface area (Å²) in [4.78, 5) is 12.2. The Kier molecular flexibility index (Phi) is 5.93. The zero-order valence-corrected chi connectivity index (χ0v) is 30.9. The maximum absolute atomic E-state index is 5.69. The average Bonchev–Trinajstić information content (AvgIpc) is 3.93. The van der Waals surface area contributed by atoms with Gasteiger partial charge in [-0.25, -0.2) is 9.97 Å². The van der Waals surface area contributed by atoms with Crippen LogP contribution in [0.5, 0.6) is 0 Å². The van der Waals surface area contributed by atoms with E-state index in [1.807, 2.05) is 11.3 Å². The van der Waals surface area contributed by atoms with E-state index in [0.29, 0.717) is 5.95 Å². The minimum atomic E-state index is 0.687. The molecule has 0 aliphatic carbocycles. The molecule has 4 heterocycles. The number of thiophene rings is 2. The standard InChI is InChI=1S/C50H27N3S2/c1-2-13-29-28(12-1)24-26-39-44(29)46-40(27-25-35-32-16-4-3-14-30(32)31-15-5-6-18-34(31)43(35)46)53(39)50-51-47(45-37-19-8-10-23-42(37)55-49(45)52-50)38-21-11-20-36-33-17-7-9-22-41(33)54-48(36)38/h1-27H. The summed E-state index contributed by atoms with van der Waals surface area (Å²) < 4.78 is 6.08. The molecule has 0 unspecified atom stereocenters. The first kappa shape index (κ1) is 29.8. The van der Waals surface area contributed by atoms with Gasteiger partial charge in [0.1, 0.15) is 4.83 Å². The van der Waals surface area contributed by atoms with Crippen LogP contribution in [0.15, 0.2) is 164 Å². The van der Waals surface area contributed by atoms with E-state index in [-0.39, 0.29) is 0 Å². The fraction of sp³-hybridized carbons (Fsp3) is 0. The highest BCUT2D eigenvalue weighted by atomic mass is 32.1. The van der Waals surface area contributed by atoms with Crippen LogP contribution in [0.3, 0.4) is 0 Å². The maximum Gasteiger partial charge on any atom is 0.236 e. The van der Waals surface area contributed by atoms with E-state index in [2.05, 4.69) is 168 Å². The first-order valence-corrected chi connectivity index (χ1v) is 20.2. The van der Waals surface area contributed by atoms with Gasteiger partial charge in [-0.2, -0.15) is 0 Å². The molecule has 0 N–H and O–H groups in total. The summed E-state index contributed by atoms with van der Waals surface area (Å²) in [7, 11) is 0. The molecule has 0 aliphatic rings. The smallest absolute Gasteiger partial charge is 0.236 e. The number of benzene rings is 9. The van der Waals surface area contributed by atoms with Gasteiger partial charge < -0.3 is 0 Å². The number of aromatic nitrogens is 3. The third-order valence-electron chi connectivity index (χ3n) is 11.6. The summed E-state index contributed by atoms with van der Waals surface area (Å²) in [6, 6.07) is 59.8. The van der Waals surface area contributed by atoms with Crippen molar-refractivity contribution in [3.63, 3.8) is 0 Å². The monoisotopic (exact) mass is 733 g/mol. The molecule has 0 saturated carbocycles. The lowest BCUT2D eigenvalue weighted by molar-refractivity contribution is 1.02. The van der Waals surface area contributed by atoms with Crippen molar-refractivity contribution in [3.8, 4) is 17.2 Å². The molecule has 0 atom stereocenters. The molecule has 0 bridgehead atoms. The zero-order valence-electron chi connectivity index (χ0n) is 29.2. The van der Waals surface area contributed by atoms with E-state index < -0.39 is 0 Å². The van der Waals surface area contributed by atoms with Crippen LogP contribution in [-0.2, 0) is 0 Å². The molecule has 5 heteroatoms. The Morgan fingerprint density at radius 2 is 0.945 bits per heavy atom. The fourth-order valence-electron chi connectivity index (χ4n) is 9.32. The van der Waals surface area contributed by atoms with Gasteiger partial charge in [0.2, 0.25) is 5.95 Å². The molecule has 55 heavy (non-hydrogen) atoms. The molecule has 9 aromatic carbocycles. The Morgan fingerprint density at radius 3 is 1.75 bits per heavy atom. The van der Waals surface area contributed by atoms with E-state index >= 15 is 0 Å². The Balaban J connectivity index is 1.24. The largest absolute Gasteiger partial charge is 0.278 e. The second kappa shape index (κ2) is 11.0. The van der Waals surface area contributed by atoms with Gasteiger partial charge in [-0.15, -0.1) is 22.7 Å². The number of nitrogens with zero attached hydrogens (tertiary/aromatic N) is 3. The number of hydrogen-bond donors (Lipinski definition) is 0. The summed E-state index contributed by atoms with van der Waals surface area (Å²) in [5.41, 5.74) is 4.32. The average molecular weight is 734 g/mol. The Bertz CT molecular complexity index is 3760. The number of rotatable bonds is 2. The van der Waals surface area contributed by atoms with Gasteiger partial charge in [-0.05, 0) is 62.0 Å². The third-order valence-corrected chi connectivity index (χ3v) is 13.9. The van der Waals surface area contributed by atoms with Crippen molar-refractivity contribution < 1.29 is 0 Å². The van der Waals surface area contributed by atoms with Gasteiger partial charge >= 0.3 is 0 Å². The highest BCUT2D eigenvalue weighted by Gasteiger charge is 2.24. The van der Waals surface area contributed by atoms with Crippen LogP contribution in [0.2, 0.25) is 0 Å². The minimum Gasteiger partial charge on any atom is -0.278 e. The van der Waals surface area contributed by atoms with Crippen molar-refractivity contribution in [2.24, 2.45) is 0 Å². The van der Waals surface area contributed by atoms with Crippen molar-refractivity contribution >= 4 is 128 Å². The van der Waals surface area contributed by atoms with E-state index in [1.54, 1.807) is 11.3 Å². The Morgan fingerprint density at radius 1 is 0.364 bits per heavy atom. The highest BCUT2D eigenvalue weighted by molar-refractivity contribution is 7.26. The van der Waals surface area contributed by atoms with Crippen LogP contribution >= 0.6 is 22.7 Å². The summed E-state index contributed by atoms with van der Waals surface area (Å²) in [5.74, 6) is 0.687. The number of fused-ring (bicyclic) bond motifs is 18. The second-order valence-corrected chi connectivity index (χ2v) is 16.5. The van der Waals surface area contributed by atoms with Gasteiger partial charge in [-0.3, -0.25) is 4.57 Å². The normalized spacial score (nSPS) is 12.4. The molecular formula is C50H27N3S2. The van der Waals surface area contributed by atoms with Crippen molar-refractivity contribution in [3.05, 3.63) is 164 Å². The van der Waals surface area contributed by atoms with Gasteiger partial charge in [-0.1, -0.05) is 140 Å². The first-order chi connectivity index (χ1) is 27.3. The van der Waals surface area contributed by atoms with Gasteiger partial charge in [0.15, 0.2) is 0 Å². The lowest BCUT2D eigenvalue weighted by Gasteiger charge is -2.13. The lowest BCUT2D eigenvalue weighted by atomic mass is 9.91. The van der Waals surface area contributed by atoms with Crippen LogP contribution < -0.4 is 0 Å². The number of hydrogen-bond acceptors (Lipinski definition) is 4. The molecule has 3 nitrogen and oxygen atoms in total. The van der Waals surface area contributed by atoms with Crippen LogP contribution in [0, 0.1) is 0 Å². The quantitative estimate of drug-likeness (QED) is 0.166. The van der Waals surface area contributed by atoms with Gasteiger partial charge in [0, 0.05) is 57.4 Å². The van der Waals surface area contributed by atoms with Crippen molar-refractivity contribution in [2.45, 2.75) is 0 Å². The minimum absolute atomic E-state index is 0.687. The molecule has 0 amide bonds. The van der Waals surface area contributed by atoms with Crippen LogP contribution in [0.4, 0.5) is 0 Å². The topological polar surface area (TPSA) is 30.7 Å².